The molecule has 1 heterocycles. The molecule has 0 bridgehead atoms. The van der Waals surface area contributed by atoms with E-state index in [-0.39, 0.29) is 11.6 Å². The number of H-pyrrole nitrogens is 1. The van der Waals surface area contributed by atoms with Crippen molar-refractivity contribution in [3.8, 4) is 0 Å². The number of aryl methyl sites for hydroxylation is 1. The third-order valence-electron chi connectivity index (χ3n) is 3.89. The highest BCUT2D eigenvalue weighted by Gasteiger charge is 2.20. The van der Waals surface area contributed by atoms with Crippen molar-refractivity contribution >= 4 is 0 Å². The van der Waals surface area contributed by atoms with Gasteiger partial charge in [0.15, 0.2) is 0 Å². The van der Waals surface area contributed by atoms with Crippen LogP contribution in [0, 0.1) is 11.6 Å². The predicted octanol–water partition coefficient (Wildman–Crippen LogP) is 2.82. The van der Waals surface area contributed by atoms with Gasteiger partial charge >= 0.3 is 0 Å². The molecule has 1 atom stereocenters. The summed E-state index contributed by atoms with van der Waals surface area (Å²) in [5.74, 6) is -1.11. The van der Waals surface area contributed by atoms with E-state index in [0.717, 1.165) is 36.6 Å². The summed E-state index contributed by atoms with van der Waals surface area (Å²) in [6.45, 7) is 0.329. The normalized spacial score (nSPS) is 17.5. The molecule has 110 valence electrons. The molecule has 0 saturated heterocycles. The first-order valence-corrected chi connectivity index (χ1v) is 7.03. The Kier molecular flexibility index (Phi) is 3.84. The molecule has 3 nitrogen and oxygen atoms in total. The summed E-state index contributed by atoms with van der Waals surface area (Å²) in [5, 5.41) is 3.29. The SMILES string of the molecule is O=c1ccc2c([nH]1)CCCC2NCc1ccc(F)cc1F. The number of halogens is 2. The fourth-order valence-electron chi connectivity index (χ4n) is 2.81. The lowest BCUT2D eigenvalue weighted by Crippen LogP contribution is -2.27. The van der Waals surface area contributed by atoms with E-state index in [0.29, 0.717) is 12.1 Å². The Hall–Kier alpha value is -2.01. The van der Waals surface area contributed by atoms with Crippen LogP contribution in [0.2, 0.25) is 0 Å². The second-order valence-corrected chi connectivity index (χ2v) is 5.32. The van der Waals surface area contributed by atoms with Gasteiger partial charge in [0, 0.05) is 36.0 Å². The summed E-state index contributed by atoms with van der Waals surface area (Å²) in [4.78, 5) is 14.2. The summed E-state index contributed by atoms with van der Waals surface area (Å²) in [6.07, 6.45) is 2.76. The van der Waals surface area contributed by atoms with Gasteiger partial charge < -0.3 is 10.3 Å². The summed E-state index contributed by atoms with van der Waals surface area (Å²) >= 11 is 0. The van der Waals surface area contributed by atoms with E-state index in [4.69, 9.17) is 0 Å². The van der Waals surface area contributed by atoms with Gasteiger partial charge in [-0.05, 0) is 30.9 Å². The maximum atomic E-state index is 13.6. The topological polar surface area (TPSA) is 44.9 Å². The molecule has 2 aromatic rings. The Labute approximate surface area is 121 Å². The van der Waals surface area contributed by atoms with Crippen molar-refractivity contribution in [2.75, 3.05) is 0 Å². The zero-order valence-electron chi connectivity index (χ0n) is 11.5. The Morgan fingerprint density at radius 2 is 2.10 bits per heavy atom. The molecule has 21 heavy (non-hydrogen) atoms. The predicted molar refractivity (Wildman–Crippen MR) is 75.9 cm³/mol. The lowest BCUT2D eigenvalue weighted by molar-refractivity contribution is 0.446. The lowest BCUT2D eigenvalue weighted by Gasteiger charge is -2.26. The minimum atomic E-state index is -0.572. The van der Waals surface area contributed by atoms with Crippen LogP contribution in [-0.2, 0) is 13.0 Å². The van der Waals surface area contributed by atoms with E-state index < -0.39 is 11.6 Å². The number of benzene rings is 1. The number of pyridine rings is 1. The zero-order chi connectivity index (χ0) is 14.8. The number of rotatable bonds is 3. The van der Waals surface area contributed by atoms with Crippen molar-refractivity contribution in [3.05, 3.63) is 69.1 Å². The standard InChI is InChI=1S/C16H16F2N2O/c17-11-5-4-10(13(18)8-11)9-19-14-2-1-3-15-12(14)6-7-16(21)20-15/h4-8,14,19H,1-3,9H2,(H,20,21). The molecule has 5 heteroatoms. The molecule has 1 aliphatic rings. The monoisotopic (exact) mass is 290 g/mol. The third-order valence-corrected chi connectivity index (χ3v) is 3.89. The third kappa shape index (κ3) is 3.03. The van der Waals surface area contributed by atoms with Gasteiger partial charge in [-0.15, -0.1) is 0 Å². The molecule has 1 aromatic carbocycles. The molecular formula is C16H16F2N2O. The summed E-state index contributed by atoms with van der Waals surface area (Å²) in [5.41, 5.74) is 2.35. The van der Waals surface area contributed by atoms with Crippen molar-refractivity contribution < 1.29 is 8.78 Å². The van der Waals surface area contributed by atoms with Gasteiger partial charge in [-0.1, -0.05) is 12.1 Å². The summed E-state index contributed by atoms with van der Waals surface area (Å²) in [7, 11) is 0. The molecule has 0 fully saturated rings. The number of aromatic amines is 1. The number of hydrogen-bond acceptors (Lipinski definition) is 2. The molecule has 1 aromatic heterocycles. The molecule has 0 aliphatic heterocycles. The Morgan fingerprint density at radius 1 is 1.24 bits per heavy atom. The molecule has 1 unspecified atom stereocenters. The minimum Gasteiger partial charge on any atom is -0.326 e. The number of fused-ring (bicyclic) bond motifs is 1. The van der Waals surface area contributed by atoms with Crippen molar-refractivity contribution in [3.63, 3.8) is 0 Å². The van der Waals surface area contributed by atoms with E-state index >= 15 is 0 Å². The van der Waals surface area contributed by atoms with Crippen molar-refractivity contribution in [1.29, 1.82) is 0 Å². The van der Waals surface area contributed by atoms with Crippen LogP contribution in [0.1, 0.15) is 35.7 Å². The van der Waals surface area contributed by atoms with E-state index in [2.05, 4.69) is 10.3 Å². The van der Waals surface area contributed by atoms with Gasteiger partial charge in [0.25, 0.3) is 0 Å². The Morgan fingerprint density at radius 3 is 2.90 bits per heavy atom. The number of hydrogen-bond donors (Lipinski definition) is 2. The molecule has 3 rings (SSSR count). The first-order chi connectivity index (χ1) is 10.1. The highest BCUT2D eigenvalue weighted by molar-refractivity contribution is 5.27. The largest absolute Gasteiger partial charge is 0.326 e. The molecule has 0 radical (unpaired) electrons. The van der Waals surface area contributed by atoms with Crippen LogP contribution in [0.15, 0.2) is 35.1 Å². The molecule has 1 aliphatic carbocycles. The second kappa shape index (κ2) is 5.77. The average Bonchev–Trinajstić information content (AvgIpc) is 2.46. The van der Waals surface area contributed by atoms with Gasteiger partial charge in [0.1, 0.15) is 11.6 Å². The molecule has 2 N–H and O–H groups in total. The van der Waals surface area contributed by atoms with Crippen LogP contribution < -0.4 is 10.9 Å². The quantitative estimate of drug-likeness (QED) is 0.913. The lowest BCUT2D eigenvalue weighted by atomic mass is 9.91. The van der Waals surface area contributed by atoms with Gasteiger partial charge in [-0.25, -0.2) is 8.78 Å². The molecule has 0 amide bonds. The van der Waals surface area contributed by atoms with Gasteiger partial charge in [0.2, 0.25) is 5.56 Å². The molecule has 0 saturated carbocycles. The summed E-state index contributed by atoms with van der Waals surface area (Å²) < 4.78 is 26.5. The van der Waals surface area contributed by atoms with Crippen molar-refractivity contribution in [2.45, 2.75) is 31.8 Å². The van der Waals surface area contributed by atoms with Crippen LogP contribution in [0.25, 0.3) is 0 Å². The van der Waals surface area contributed by atoms with Crippen LogP contribution in [-0.4, -0.2) is 4.98 Å². The first kappa shape index (κ1) is 13.9. The summed E-state index contributed by atoms with van der Waals surface area (Å²) in [6, 6.07) is 7.02. The van der Waals surface area contributed by atoms with Gasteiger partial charge in [0.05, 0.1) is 0 Å². The van der Waals surface area contributed by atoms with Crippen molar-refractivity contribution in [1.82, 2.24) is 10.3 Å². The Bertz CT molecular complexity index is 712. The van der Waals surface area contributed by atoms with Gasteiger partial charge in [-0.3, -0.25) is 4.79 Å². The first-order valence-electron chi connectivity index (χ1n) is 7.03. The van der Waals surface area contributed by atoms with E-state index in [1.54, 1.807) is 0 Å². The van der Waals surface area contributed by atoms with E-state index in [9.17, 15) is 13.6 Å². The zero-order valence-corrected chi connectivity index (χ0v) is 11.5. The second-order valence-electron chi connectivity index (χ2n) is 5.32. The van der Waals surface area contributed by atoms with Crippen molar-refractivity contribution in [2.24, 2.45) is 0 Å². The highest BCUT2D eigenvalue weighted by atomic mass is 19.1. The molecule has 0 spiro atoms. The smallest absolute Gasteiger partial charge is 0.248 e. The molecular weight excluding hydrogens is 274 g/mol. The van der Waals surface area contributed by atoms with Crippen LogP contribution in [0.3, 0.4) is 0 Å². The van der Waals surface area contributed by atoms with E-state index in [1.165, 1.54) is 18.2 Å². The van der Waals surface area contributed by atoms with Crippen LogP contribution in [0.5, 0.6) is 0 Å². The number of nitrogens with one attached hydrogen (secondary N) is 2. The average molecular weight is 290 g/mol. The minimum absolute atomic E-state index is 0.0788. The highest BCUT2D eigenvalue weighted by Crippen LogP contribution is 2.27. The maximum absolute atomic E-state index is 13.6. The fraction of sp³-hybridized carbons (Fsp3) is 0.312. The maximum Gasteiger partial charge on any atom is 0.248 e. The van der Waals surface area contributed by atoms with Crippen LogP contribution >= 0.6 is 0 Å². The van der Waals surface area contributed by atoms with Crippen LogP contribution in [0.4, 0.5) is 8.78 Å². The Balaban J connectivity index is 1.76. The fourth-order valence-corrected chi connectivity index (χ4v) is 2.81. The van der Waals surface area contributed by atoms with E-state index in [1.807, 2.05) is 6.07 Å². The number of aromatic nitrogens is 1. The van der Waals surface area contributed by atoms with Gasteiger partial charge in [-0.2, -0.15) is 0 Å².